The van der Waals surface area contributed by atoms with Crippen molar-refractivity contribution in [2.45, 2.75) is 13.0 Å². The van der Waals surface area contributed by atoms with Gasteiger partial charge in [-0.25, -0.2) is 4.79 Å². The molecule has 0 aliphatic heterocycles. The Hall–Kier alpha value is -2.31. The van der Waals surface area contributed by atoms with Crippen LogP contribution in [-0.4, -0.2) is 18.9 Å². The first kappa shape index (κ1) is 12.2. The van der Waals surface area contributed by atoms with Crippen molar-refractivity contribution in [1.29, 1.82) is 0 Å². The molecule has 0 radical (unpaired) electrons. The SMILES string of the molecule is Cn1cc(CCn2c(=O)c(N)cn(C)c2=O)cn1. The molecule has 7 nitrogen and oxygen atoms in total. The number of anilines is 1. The Balaban J connectivity index is 2.30. The number of aromatic nitrogens is 4. The molecular formula is C11H15N5O2. The highest BCUT2D eigenvalue weighted by Gasteiger charge is 2.07. The van der Waals surface area contributed by atoms with Crippen molar-refractivity contribution in [3.05, 3.63) is 45.0 Å². The number of nitrogens with two attached hydrogens (primary N) is 1. The minimum Gasteiger partial charge on any atom is -0.393 e. The number of nitrogens with zero attached hydrogens (tertiary/aromatic N) is 4. The van der Waals surface area contributed by atoms with Gasteiger partial charge in [0.1, 0.15) is 5.69 Å². The summed E-state index contributed by atoms with van der Waals surface area (Å²) in [4.78, 5) is 23.6. The van der Waals surface area contributed by atoms with Crippen molar-refractivity contribution in [3.8, 4) is 0 Å². The Morgan fingerprint density at radius 1 is 1.28 bits per heavy atom. The van der Waals surface area contributed by atoms with Gasteiger partial charge in [-0.2, -0.15) is 5.10 Å². The highest BCUT2D eigenvalue weighted by atomic mass is 16.2. The average Bonchev–Trinajstić information content (AvgIpc) is 2.73. The van der Waals surface area contributed by atoms with Crippen molar-refractivity contribution in [1.82, 2.24) is 18.9 Å². The fourth-order valence-corrected chi connectivity index (χ4v) is 1.79. The maximum absolute atomic E-state index is 11.8. The van der Waals surface area contributed by atoms with Crippen molar-refractivity contribution in [2.75, 3.05) is 5.73 Å². The molecule has 7 heteroatoms. The van der Waals surface area contributed by atoms with Crippen LogP contribution in [0, 0.1) is 0 Å². The number of aryl methyl sites for hydroxylation is 3. The van der Waals surface area contributed by atoms with Gasteiger partial charge in [0.05, 0.1) is 6.20 Å². The molecule has 2 rings (SSSR count). The van der Waals surface area contributed by atoms with E-state index in [1.807, 2.05) is 13.2 Å². The third kappa shape index (κ3) is 2.20. The molecule has 0 atom stereocenters. The van der Waals surface area contributed by atoms with E-state index in [1.165, 1.54) is 10.8 Å². The van der Waals surface area contributed by atoms with Gasteiger partial charge in [-0.15, -0.1) is 0 Å². The summed E-state index contributed by atoms with van der Waals surface area (Å²) in [6.45, 7) is 0.294. The van der Waals surface area contributed by atoms with E-state index in [1.54, 1.807) is 17.9 Å². The molecule has 2 aromatic heterocycles. The van der Waals surface area contributed by atoms with Crippen LogP contribution in [0.4, 0.5) is 5.69 Å². The molecule has 0 spiro atoms. The Morgan fingerprint density at radius 3 is 2.61 bits per heavy atom. The number of hydrogen-bond donors (Lipinski definition) is 1. The second-order valence-electron chi connectivity index (χ2n) is 4.21. The lowest BCUT2D eigenvalue weighted by atomic mass is 10.2. The van der Waals surface area contributed by atoms with Crippen LogP contribution in [0.5, 0.6) is 0 Å². The minimum atomic E-state index is -0.443. The fraction of sp³-hybridized carbons (Fsp3) is 0.364. The first-order valence-corrected chi connectivity index (χ1v) is 5.52. The van der Waals surface area contributed by atoms with E-state index < -0.39 is 5.56 Å². The zero-order valence-electron chi connectivity index (χ0n) is 10.3. The van der Waals surface area contributed by atoms with Gasteiger partial charge in [-0.05, 0) is 12.0 Å². The highest BCUT2D eigenvalue weighted by Crippen LogP contribution is 1.98. The van der Waals surface area contributed by atoms with Gasteiger partial charge in [0.15, 0.2) is 0 Å². The number of hydrogen-bond acceptors (Lipinski definition) is 4. The van der Waals surface area contributed by atoms with Crippen molar-refractivity contribution < 1.29 is 0 Å². The van der Waals surface area contributed by atoms with Crippen LogP contribution in [0.15, 0.2) is 28.2 Å². The van der Waals surface area contributed by atoms with Gasteiger partial charge in [-0.1, -0.05) is 0 Å². The summed E-state index contributed by atoms with van der Waals surface area (Å²) >= 11 is 0. The average molecular weight is 249 g/mol. The summed E-state index contributed by atoms with van der Waals surface area (Å²) < 4.78 is 4.12. The third-order valence-electron chi connectivity index (χ3n) is 2.74. The lowest BCUT2D eigenvalue weighted by Crippen LogP contribution is -2.40. The monoisotopic (exact) mass is 249 g/mol. The molecule has 0 amide bonds. The zero-order chi connectivity index (χ0) is 13.3. The highest BCUT2D eigenvalue weighted by molar-refractivity contribution is 5.30. The zero-order valence-corrected chi connectivity index (χ0v) is 10.3. The van der Waals surface area contributed by atoms with Crippen molar-refractivity contribution in [3.63, 3.8) is 0 Å². The molecule has 0 saturated carbocycles. The van der Waals surface area contributed by atoms with Gasteiger partial charge >= 0.3 is 5.69 Å². The standard InChI is InChI=1S/C11H15N5O2/c1-14-7-9(12)10(17)16(11(14)18)4-3-8-5-13-15(2)6-8/h5-7H,3-4,12H2,1-2H3. The van der Waals surface area contributed by atoms with E-state index in [0.717, 1.165) is 10.1 Å². The van der Waals surface area contributed by atoms with Crippen LogP contribution in [0.2, 0.25) is 0 Å². The molecule has 0 aliphatic carbocycles. The lowest BCUT2D eigenvalue weighted by Gasteiger charge is -2.07. The summed E-state index contributed by atoms with van der Waals surface area (Å²) in [6, 6.07) is 0. The normalized spacial score (nSPS) is 10.8. The molecule has 96 valence electrons. The molecular weight excluding hydrogens is 234 g/mol. The second kappa shape index (κ2) is 4.52. The van der Waals surface area contributed by atoms with Crippen LogP contribution >= 0.6 is 0 Å². The van der Waals surface area contributed by atoms with Crippen molar-refractivity contribution >= 4 is 5.69 Å². The maximum Gasteiger partial charge on any atom is 0.330 e. The van der Waals surface area contributed by atoms with Crippen LogP contribution in [0.1, 0.15) is 5.56 Å². The third-order valence-corrected chi connectivity index (χ3v) is 2.74. The van der Waals surface area contributed by atoms with E-state index >= 15 is 0 Å². The van der Waals surface area contributed by atoms with Gasteiger partial charge in [0.2, 0.25) is 0 Å². The van der Waals surface area contributed by atoms with Crippen LogP contribution < -0.4 is 17.0 Å². The van der Waals surface area contributed by atoms with Gasteiger partial charge in [0.25, 0.3) is 5.56 Å². The number of nitrogen functional groups attached to an aromatic ring is 1. The van der Waals surface area contributed by atoms with E-state index in [9.17, 15) is 9.59 Å². The van der Waals surface area contributed by atoms with E-state index in [4.69, 9.17) is 5.73 Å². The first-order chi connectivity index (χ1) is 8.49. The van der Waals surface area contributed by atoms with Crippen molar-refractivity contribution in [2.24, 2.45) is 14.1 Å². The maximum atomic E-state index is 11.8. The van der Waals surface area contributed by atoms with E-state index in [2.05, 4.69) is 5.10 Å². The van der Waals surface area contributed by atoms with E-state index in [-0.39, 0.29) is 11.4 Å². The molecule has 0 aliphatic rings. The Bertz CT molecular complexity index is 645. The minimum absolute atomic E-state index is 0.0725. The summed E-state index contributed by atoms with van der Waals surface area (Å²) in [7, 11) is 3.38. The summed E-state index contributed by atoms with van der Waals surface area (Å²) in [5.74, 6) is 0. The van der Waals surface area contributed by atoms with Crippen LogP contribution in [-0.2, 0) is 27.1 Å². The molecule has 0 saturated heterocycles. The van der Waals surface area contributed by atoms with E-state index in [0.29, 0.717) is 13.0 Å². The number of rotatable bonds is 3. The quantitative estimate of drug-likeness (QED) is 0.764. The fourth-order valence-electron chi connectivity index (χ4n) is 1.79. The molecule has 0 aromatic carbocycles. The molecule has 0 unspecified atom stereocenters. The smallest absolute Gasteiger partial charge is 0.330 e. The summed E-state index contributed by atoms with van der Waals surface area (Å²) in [5, 5.41) is 4.03. The van der Waals surface area contributed by atoms with Gasteiger partial charge < -0.3 is 10.3 Å². The Labute approximate surface area is 103 Å². The van der Waals surface area contributed by atoms with Crippen LogP contribution in [0.25, 0.3) is 0 Å². The predicted molar refractivity (Wildman–Crippen MR) is 67.3 cm³/mol. The Kier molecular flexibility index (Phi) is 3.05. The molecule has 0 fully saturated rings. The molecule has 2 aromatic rings. The Morgan fingerprint density at radius 2 is 2.00 bits per heavy atom. The van der Waals surface area contributed by atoms with Gasteiger partial charge in [-0.3, -0.25) is 14.0 Å². The van der Waals surface area contributed by atoms with Crippen LogP contribution in [0.3, 0.4) is 0 Å². The second-order valence-corrected chi connectivity index (χ2v) is 4.21. The van der Waals surface area contributed by atoms with Gasteiger partial charge in [0, 0.05) is 33.0 Å². The molecule has 0 bridgehead atoms. The topological polar surface area (TPSA) is 87.8 Å². The molecule has 2 heterocycles. The first-order valence-electron chi connectivity index (χ1n) is 5.52. The summed E-state index contributed by atoms with van der Waals surface area (Å²) in [6.07, 6.45) is 5.46. The molecule has 2 N–H and O–H groups in total. The molecule has 18 heavy (non-hydrogen) atoms. The predicted octanol–water partition coefficient (Wildman–Crippen LogP) is -0.895. The summed E-state index contributed by atoms with van der Waals surface area (Å²) in [5.41, 5.74) is 5.79. The lowest BCUT2D eigenvalue weighted by molar-refractivity contribution is 0.592. The largest absolute Gasteiger partial charge is 0.393 e.